The quantitative estimate of drug-likeness (QED) is 0.649. The summed E-state index contributed by atoms with van der Waals surface area (Å²) in [6.45, 7) is 1.29. The van der Waals surface area contributed by atoms with Gasteiger partial charge < -0.3 is 15.5 Å². The highest BCUT2D eigenvalue weighted by atomic mass is 19.1. The Labute approximate surface area is 150 Å². The molecule has 2 aromatic carbocycles. The van der Waals surface area contributed by atoms with Gasteiger partial charge in [-0.2, -0.15) is 0 Å². The van der Waals surface area contributed by atoms with Crippen molar-refractivity contribution < 1.29 is 13.2 Å². The second kappa shape index (κ2) is 8.12. The molecule has 0 bridgehead atoms. The van der Waals surface area contributed by atoms with Crippen molar-refractivity contribution in [3.8, 4) is 0 Å². The SMILES string of the molecule is CN=C(NCc1ccccc1F)NC1CCN(c2c(F)cccc2F)C1. The molecule has 0 spiro atoms. The van der Waals surface area contributed by atoms with E-state index in [1.165, 1.54) is 24.3 Å². The molecule has 2 N–H and O–H groups in total. The molecule has 4 nitrogen and oxygen atoms in total. The minimum absolute atomic E-state index is 0.00565. The number of rotatable bonds is 4. The standard InChI is InChI=1S/C19H21F3N4/c1-23-19(24-11-13-5-2-3-6-15(13)20)25-14-9-10-26(12-14)18-16(21)7-4-8-17(18)22/h2-8,14H,9-12H2,1H3,(H2,23,24,25). The minimum atomic E-state index is -0.562. The topological polar surface area (TPSA) is 39.7 Å². The zero-order valence-electron chi connectivity index (χ0n) is 14.5. The van der Waals surface area contributed by atoms with Gasteiger partial charge in [0.25, 0.3) is 0 Å². The summed E-state index contributed by atoms with van der Waals surface area (Å²) >= 11 is 0. The van der Waals surface area contributed by atoms with E-state index in [0.29, 0.717) is 37.6 Å². The van der Waals surface area contributed by atoms with Gasteiger partial charge in [-0.1, -0.05) is 24.3 Å². The molecule has 2 aromatic rings. The van der Waals surface area contributed by atoms with E-state index in [2.05, 4.69) is 15.6 Å². The fourth-order valence-electron chi connectivity index (χ4n) is 3.08. The Hall–Kier alpha value is -2.70. The first kappa shape index (κ1) is 18.1. The Balaban J connectivity index is 1.58. The average Bonchev–Trinajstić information content (AvgIpc) is 3.07. The molecular weight excluding hydrogens is 341 g/mol. The van der Waals surface area contributed by atoms with Crippen LogP contribution in [-0.2, 0) is 6.54 Å². The second-order valence-electron chi connectivity index (χ2n) is 6.16. The van der Waals surface area contributed by atoms with E-state index in [1.807, 2.05) is 0 Å². The van der Waals surface area contributed by atoms with Crippen molar-refractivity contribution in [1.29, 1.82) is 0 Å². The largest absolute Gasteiger partial charge is 0.365 e. The van der Waals surface area contributed by atoms with Crippen molar-refractivity contribution in [2.75, 3.05) is 25.0 Å². The van der Waals surface area contributed by atoms with Crippen LogP contribution in [0, 0.1) is 17.5 Å². The highest BCUT2D eigenvalue weighted by molar-refractivity contribution is 5.80. The van der Waals surface area contributed by atoms with Crippen LogP contribution in [0.3, 0.4) is 0 Å². The van der Waals surface area contributed by atoms with E-state index >= 15 is 0 Å². The van der Waals surface area contributed by atoms with Crippen molar-refractivity contribution >= 4 is 11.6 Å². The van der Waals surface area contributed by atoms with E-state index < -0.39 is 11.6 Å². The van der Waals surface area contributed by atoms with E-state index in [-0.39, 0.29) is 17.5 Å². The molecule has 1 fully saturated rings. The van der Waals surface area contributed by atoms with Gasteiger partial charge in [-0.05, 0) is 24.6 Å². The summed E-state index contributed by atoms with van der Waals surface area (Å²) in [4.78, 5) is 5.82. The van der Waals surface area contributed by atoms with Crippen molar-refractivity contribution in [2.24, 2.45) is 4.99 Å². The zero-order chi connectivity index (χ0) is 18.5. The third-order valence-electron chi connectivity index (χ3n) is 4.41. The predicted molar refractivity (Wildman–Crippen MR) is 96.7 cm³/mol. The maximum absolute atomic E-state index is 13.9. The van der Waals surface area contributed by atoms with Gasteiger partial charge in [0, 0.05) is 38.3 Å². The van der Waals surface area contributed by atoms with Crippen molar-refractivity contribution in [3.63, 3.8) is 0 Å². The number of hydrogen-bond acceptors (Lipinski definition) is 2. The first-order chi connectivity index (χ1) is 12.6. The average molecular weight is 362 g/mol. The molecule has 138 valence electrons. The number of halogens is 3. The summed E-state index contributed by atoms with van der Waals surface area (Å²) in [6, 6.07) is 10.4. The van der Waals surface area contributed by atoms with Gasteiger partial charge in [-0.3, -0.25) is 4.99 Å². The lowest BCUT2D eigenvalue weighted by Crippen LogP contribution is -2.44. The van der Waals surface area contributed by atoms with Gasteiger partial charge in [0.15, 0.2) is 5.96 Å². The Bertz CT molecular complexity index is 774. The summed E-state index contributed by atoms with van der Waals surface area (Å²) in [5.74, 6) is -0.882. The monoisotopic (exact) mass is 362 g/mol. The first-order valence-electron chi connectivity index (χ1n) is 8.48. The van der Waals surface area contributed by atoms with Crippen molar-refractivity contribution in [3.05, 3.63) is 65.5 Å². The van der Waals surface area contributed by atoms with Crippen molar-refractivity contribution in [2.45, 2.75) is 19.0 Å². The number of para-hydroxylation sites is 1. The minimum Gasteiger partial charge on any atom is -0.365 e. The molecule has 0 aliphatic carbocycles. The van der Waals surface area contributed by atoms with Gasteiger partial charge in [0.2, 0.25) is 0 Å². The molecule has 0 radical (unpaired) electrons. The molecule has 3 rings (SSSR count). The van der Waals surface area contributed by atoms with Gasteiger partial charge in [-0.15, -0.1) is 0 Å². The molecule has 1 unspecified atom stereocenters. The van der Waals surface area contributed by atoms with Gasteiger partial charge in [0.1, 0.15) is 23.1 Å². The summed E-state index contributed by atoms with van der Waals surface area (Å²) in [6.07, 6.45) is 0.716. The van der Waals surface area contributed by atoms with Crippen molar-refractivity contribution in [1.82, 2.24) is 10.6 Å². The Morgan fingerprint density at radius 1 is 1.08 bits per heavy atom. The lowest BCUT2D eigenvalue weighted by atomic mass is 10.2. The van der Waals surface area contributed by atoms with E-state index in [0.717, 1.165) is 0 Å². The first-order valence-corrected chi connectivity index (χ1v) is 8.48. The maximum Gasteiger partial charge on any atom is 0.191 e. The molecule has 1 atom stereocenters. The van der Waals surface area contributed by atoms with Crippen LogP contribution in [0.5, 0.6) is 0 Å². The lowest BCUT2D eigenvalue weighted by molar-refractivity contribution is 0.575. The highest BCUT2D eigenvalue weighted by Gasteiger charge is 2.27. The normalized spacial score (nSPS) is 17.5. The number of nitrogens with zero attached hydrogens (tertiary/aromatic N) is 2. The molecule has 0 amide bonds. The van der Waals surface area contributed by atoms with Gasteiger partial charge in [-0.25, -0.2) is 13.2 Å². The number of hydrogen-bond donors (Lipinski definition) is 2. The molecular formula is C19H21F3N4. The summed E-state index contributed by atoms with van der Waals surface area (Å²) in [5.41, 5.74) is 0.544. The smallest absolute Gasteiger partial charge is 0.191 e. The van der Waals surface area contributed by atoms with E-state index in [9.17, 15) is 13.2 Å². The molecule has 26 heavy (non-hydrogen) atoms. The Kier molecular flexibility index (Phi) is 5.65. The van der Waals surface area contributed by atoms with Crippen LogP contribution in [0.25, 0.3) is 0 Å². The zero-order valence-corrected chi connectivity index (χ0v) is 14.5. The van der Waals surface area contributed by atoms with Crippen LogP contribution >= 0.6 is 0 Å². The summed E-state index contributed by atoms with van der Waals surface area (Å²) < 4.78 is 41.5. The second-order valence-corrected chi connectivity index (χ2v) is 6.16. The molecule has 0 aromatic heterocycles. The molecule has 1 aliphatic heterocycles. The Morgan fingerprint density at radius 3 is 2.46 bits per heavy atom. The summed E-state index contributed by atoms with van der Waals surface area (Å²) in [7, 11) is 1.62. The fourth-order valence-corrected chi connectivity index (χ4v) is 3.08. The fraction of sp³-hybridized carbons (Fsp3) is 0.316. The third-order valence-corrected chi connectivity index (χ3v) is 4.41. The molecule has 1 heterocycles. The Morgan fingerprint density at radius 2 is 1.77 bits per heavy atom. The molecule has 1 saturated heterocycles. The van der Waals surface area contributed by atoms with Crippen LogP contribution in [0.4, 0.5) is 18.9 Å². The van der Waals surface area contributed by atoms with Crippen LogP contribution in [0.15, 0.2) is 47.5 Å². The number of nitrogens with one attached hydrogen (secondary N) is 2. The molecule has 1 aliphatic rings. The number of aliphatic imine (C=N–C) groups is 1. The third kappa shape index (κ3) is 4.09. The van der Waals surface area contributed by atoms with Crippen LogP contribution < -0.4 is 15.5 Å². The predicted octanol–water partition coefficient (Wildman–Crippen LogP) is 3.05. The number of guanidine groups is 1. The molecule has 7 heteroatoms. The number of benzene rings is 2. The molecule has 0 saturated carbocycles. The van der Waals surface area contributed by atoms with E-state index in [4.69, 9.17) is 0 Å². The summed E-state index contributed by atoms with van der Waals surface area (Å²) in [5, 5.41) is 6.29. The van der Waals surface area contributed by atoms with E-state index in [1.54, 1.807) is 30.1 Å². The van der Waals surface area contributed by atoms with Crippen LogP contribution in [0.1, 0.15) is 12.0 Å². The van der Waals surface area contributed by atoms with Gasteiger partial charge >= 0.3 is 0 Å². The van der Waals surface area contributed by atoms with Crippen LogP contribution in [-0.4, -0.2) is 32.1 Å². The van der Waals surface area contributed by atoms with Gasteiger partial charge in [0.05, 0.1) is 0 Å². The van der Waals surface area contributed by atoms with Crippen LogP contribution in [0.2, 0.25) is 0 Å². The maximum atomic E-state index is 13.9. The number of anilines is 1. The lowest BCUT2D eigenvalue weighted by Gasteiger charge is -2.21. The highest BCUT2D eigenvalue weighted by Crippen LogP contribution is 2.26.